The lowest BCUT2D eigenvalue weighted by atomic mass is 10.2. The fraction of sp³-hybridized carbons (Fsp3) is 0.167. The molecule has 0 amide bonds. The summed E-state index contributed by atoms with van der Waals surface area (Å²) in [6.07, 6.45) is -3.01. The molecule has 0 aliphatic carbocycles. The van der Waals surface area contributed by atoms with Gasteiger partial charge in [-0.05, 0) is 18.2 Å². The molecule has 1 N–H and O–H groups in total. The summed E-state index contributed by atoms with van der Waals surface area (Å²) >= 11 is 11.1. The van der Waals surface area contributed by atoms with Gasteiger partial charge in [0.1, 0.15) is 5.82 Å². The van der Waals surface area contributed by atoms with E-state index in [0.29, 0.717) is 5.69 Å². The molecule has 2 heterocycles. The molecule has 2 aromatic rings. The molecule has 8 heteroatoms. The minimum atomic E-state index is -4.59. The number of nitrogens with one attached hydrogen (secondary N) is 1. The molecule has 2 aromatic heterocycles. The van der Waals surface area contributed by atoms with Crippen LogP contribution in [0, 0.1) is 0 Å². The fourth-order valence-corrected chi connectivity index (χ4v) is 1.88. The van der Waals surface area contributed by atoms with Crippen molar-refractivity contribution >= 4 is 29.0 Å². The van der Waals surface area contributed by atoms with E-state index in [-0.39, 0.29) is 12.4 Å². The Morgan fingerprint density at radius 3 is 2.55 bits per heavy atom. The number of hydrogen-bond donors (Lipinski definition) is 1. The van der Waals surface area contributed by atoms with Crippen LogP contribution >= 0.6 is 23.2 Å². The first kappa shape index (κ1) is 14.9. The third-order valence-corrected chi connectivity index (χ3v) is 3.15. The summed E-state index contributed by atoms with van der Waals surface area (Å²) in [6.45, 7) is 0.225. The molecule has 106 valence electrons. The van der Waals surface area contributed by atoms with E-state index in [2.05, 4.69) is 15.3 Å². The number of alkyl halides is 3. The number of anilines is 1. The molecule has 0 aliphatic rings. The fourth-order valence-electron chi connectivity index (χ4n) is 1.48. The molecule has 0 aromatic carbocycles. The number of hydrogen-bond acceptors (Lipinski definition) is 3. The molecule has 2 rings (SSSR count). The van der Waals surface area contributed by atoms with Gasteiger partial charge in [0, 0.05) is 6.20 Å². The number of halogens is 5. The van der Waals surface area contributed by atoms with Crippen LogP contribution in [-0.4, -0.2) is 9.97 Å². The predicted molar refractivity (Wildman–Crippen MR) is 70.8 cm³/mol. The van der Waals surface area contributed by atoms with Crippen molar-refractivity contribution in [1.82, 2.24) is 9.97 Å². The van der Waals surface area contributed by atoms with E-state index >= 15 is 0 Å². The summed E-state index contributed by atoms with van der Waals surface area (Å²) < 4.78 is 38.3. The lowest BCUT2D eigenvalue weighted by Gasteiger charge is -2.12. The lowest BCUT2D eigenvalue weighted by molar-refractivity contribution is -0.137. The van der Waals surface area contributed by atoms with Gasteiger partial charge in [0.15, 0.2) is 5.15 Å². The van der Waals surface area contributed by atoms with Gasteiger partial charge < -0.3 is 5.32 Å². The summed E-state index contributed by atoms with van der Waals surface area (Å²) in [5.74, 6) is -0.0163. The Labute approximate surface area is 122 Å². The molecule has 0 fully saturated rings. The summed E-state index contributed by atoms with van der Waals surface area (Å²) in [4.78, 5) is 7.79. The highest BCUT2D eigenvalue weighted by Gasteiger charge is 2.35. The van der Waals surface area contributed by atoms with Crippen molar-refractivity contribution in [3.63, 3.8) is 0 Å². The highest BCUT2D eigenvalue weighted by Crippen LogP contribution is 2.38. The first-order chi connectivity index (χ1) is 9.38. The Bertz CT molecular complexity index is 603. The van der Waals surface area contributed by atoms with Crippen molar-refractivity contribution < 1.29 is 13.2 Å². The van der Waals surface area contributed by atoms with Crippen LogP contribution in [0.5, 0.6) is 0 Å². The molecule has 0 aliphatic heterocycles. The maximum absolute atomic E-state index is 12.8. The SMILES string of the molecule is FC(F)(F)c1cc(NCc2ccccn2)nc(Cl)c1Cl. The Kier molecular flexibility index (Phi) is 4.35. The van der Waals surface area contributed by atoms with Crippen molar-refractivity contribution in [2.24, 2.45) is 0 Å². The van der Waals surface area contributed by atoms with Crippen LogP contribution in [0.4, 0.5) is 19.0 Å². The smallest absolute Gasteiger partial charge is 0.364 e. The van der Waals surface area contributed by atoms with Gasteiger partial charge in [-0.2, -0.15) is 13.2 Å². The molecule has 0 saturated heterocycles. The quantitative estimate of drug-likeness (QED) is 0.851. The van der Waals surface area contributed by atoms with Crippen LogP contribution in [0.3, 0.4) is 0 Å². The number of rotatable bonds is 3. The summed E-state index contributed by atoms with van der Waals surface area (Å²) in [5, 5.41) is 1.72. The first-order valence-electron chi connectivity index (χ1n) is 5.45. The predicted octanol–water partition coefficient (Wildman–Crippen LogP) is 4.41. The zero-order valence-corrected chi connectivity index (χ0v) is 11.4. The molecule has 3 nitrogen and oxygen atoms in total. The average molecular weight is 322 g/mol. The number of nitrogens with zero attached hydrogens (tertiary/aromatic N) is 2. The number of pyridine rings is 2. The third-order valence-electron chi connectivity index (χ3n) is 2.40. The van der Waals surface area contributed by atoms with Crippen molar-refractivity contribution in [2.75, 3.05) is 5.32 Å². The van der Waals surface area contributed by atoms with E-state index < -0.39 is 21.9 Å². The molecule has 0 unspecified atom stereocenters. The maximum atomic E-state index is 12.8. The van der Waals surface area contributed by atoms with Crippen molar-refractivity contribution in [3.8, 4) is 0 Å². The standard InChI is InChI=1S/C12H8Cl2F3N3/c13-10-8(12(15,16)17)5-9(20-11(10)14)19-6-7-3-1-2-4-18-7/h1-5H,6H2,(H,19,20). The minimum absolute atomic E-state index is 0.0163. The molecule has 0 atom stereocenters. The van der Waals surface area contributed by atoms with Gasteiger partial charge in [-0.3, -0.25) is 4.98 Å². The van der Waals surface area contributed by atoms with E-state index in [0.717, 1.165) is 6.07 Å². The molecular formula is C12H8Cl2F3N3. The largest absolute Gasteiger partial charge is 0.418 e. The molecule has 0 spiro atoms. The monoisotopic (exact) mass is 321 g/mol. The Morgan fingerprint density at radius 1 is 1.20 bits per heavy atom. The summed E-state index contributed by atoms with van der Waals surface area (Å²) in [5.41, 5.74) is -0.364. The van der Waals surface area contributed by atoms with Crippen LogP contribution in [0.15, 0.2) is 30.5 Å². The van der Waals surface area contributed by atoms with E-state index in [1.165, 1.54) is 0 Å². The van der Waals surface area contributed by atoms with Crippen molar-refractivity contribution in [3.05, 3.63) is 51.9 Å². The van der Waals surface area contributed by atoms with E-state index in [9.17, 15) is 13.2 Å². The summed E-state index contributed by atoms with van der Waals surface area (Å²) in [7, 11) is 0. The van der Waals surface area contributed by atoms with Crippen LogP contribution in [0.25, 0.3) is 0 Å². The van der Waals surface area contributed by atoms with Crippen LogP contribution in [0.2, 0.25) is 10.2 Å². The third kappa shape index (κ3) is 3.52. The molecule has 0 bridgehead atoms. The minimum Gasteiger partial charge on any atom is -0.364 e. The second-order valence-corrected chi connectivity index (χ2v) is 4.57. The lowest BCUT2D eigenvalue weighted by Crippen LogP contribution is -2.10. The van der Waals surface area contributed by atoms with E-state index in [4.69, 9.17) is 23.2 Å². The molecule has 0 radical (unpaired) electrons. The molecule has 0 saturated carbocycles. The maximum Gasteiger partial charge on any atom is 0.418 e. The van der Waals surface area contributed by atoms with Crippen LogP contribution < -0.4 is 5.32 Å². The summed E-state index contributed by atoms with van der Waals surface area (Å²) in [6, 6.07) is 6.06. The zero-order chi connectivity index (χ0) is 14.8. The average Bonchev–Trinajstić information content (AvgIpc) is 2.40. The van der Waals surface area contributed by atoms with Crippen molar-refractivity contribution in [1.29, 1.82) is 0 Å². The Morgan fingerprint density at radius 2 is 1.95 bits per heavy atom. The molecule has 20 heavy (non-hydrogen) atoms. The van der Waals surface area contributed by atoms with Gasteiger partial charge in [-0.15, -0.1) is 0 Å². The van der Waals surface area contributed by atoms with Crippen LogP contribution in [0.1, 0.15) is 11.3 Å². The Balaban J connectivity index is 2.23. The van der Waals surface area contributed by atoms with Gasteiger partial charge in [0.2, 0.25) is 0 Å². The second kappa shape index (κ2) is 5.85. The van der Waals surface area contributed by atoms with E-state index in [1.807, 2.05) is 0 Å². The van der Waals surface area contributed by atoms with Crippen molar-refractivity contribution in [2.45, 2.75) is 12.7 Å². The van der Waals surface area contributed by atoms with Gasteiger partial charge in [-0.25, -0.2) is 4.98 Å². The Hall–Kier alpha value is -1.53. The topological polar surface area (TPSA) is 37.8 Å². The second-order valence-electron chi connectivity index (χ2n) is 3.83. The zero-order valence-electron chi connectivity index (χ0n) is 9.88. The van der Waals surface area contributed by atoms with Crippen LogP contribution in [-0.2, 0) is 12.7 Å². The highest BCUT2D eigenvalue weighted by atomic mass is 35.5. The number of aromatic nitrogens is 2. The van der Waals surface area contributed by atoms with E-state index in [1.54, 1.807) is 24.4 Å². The molecular weight excluding hydrogens is 314 g/mol. The highest BCUT2D eigenvalue weighted by molar-refractivity contribution is 6.41. The normalized spacial score (nSPS) is 11.4. The van der Waals surface area contributed by atoms with Gasteiger partial charge in [0.25, 0.3) is 0 Å². The van der Waals surface area contributed by atoms with Gasteiger partial charge in [0.05, 0.1) is 22.8 Å². The first-order valence-corrected chi connectivity index (χ1v) is 6.20. The van der Waals surface area contributed by atoms with Gasteiger partial charge in [-0.1, -0.05) is 29.3 Å². The van der Waals surface area contributed by atoms with Gasteiger partial charge >= 0.3 is 6.18 Å².